The maximum atomic E-state index is 13.1. The number of likely N-dealkylation sites (tertiary alicyclic amines) is 1. The maximum absolute atomic E-state index is 13.1. The van der Waals surface area contributed by atoms with Crippen LogP contribution in [0.25, 0.3) is 0 Å². The molecule has 168 valence electrons. The summed E-state index contributed by atoms with van der Waals surface area (Å²) in [6.45, 7) is 2.01. The molecule has 7 nitrogen and oxygen atoms in total. The fourth-order valence-corrected chi connectivity index (χ4v) is 5.10. The van der Waals surface area contributed by atoms with Gasteiger partial charge in [0, 0.05) is 38.0 Å². The fourth-order valence-electron chi connectivity index (χ4n) is 4.47. The molecule has 1 atom stereocenters. The van der Waals surface area contributed by atoms with Crippen molar-refractivity contribution in [3.05, 3.63) is 70.9 Å². The molecule has 0 N–H and O–H groups in total. The Balaban J connectivity index is 1.40. The van der Waals surface area contributed by atoms with Crippen molar-refractivity contribution in [2.24, 2.45) is 5.92 Å². The number of hydrogen-bond acceptors (Lipinski definition) is 5. The summed E-state index contributed by atoms with van der Waals surface area (Å²) in [5.74, 6) is 0.571. The van der Waals surface area contributed by atoms with Crippen LogP contribution < -0.4 is 0 Å². The first-order chi connectivity index (χ1) is 15.6. The van der Waals surface area contributed by atoms with Crippen LogP contribution in [0.1, 0.15) is 35.2 Å². The molecule has 0 bridgehead atoms. The zero-order valence-corrected chi connectivity index (χ0v) is 19.2. The summed E-state index contributed by atoms with van der Waals surface area (Å²) in [4.78, 5) is 33.6. The van der Waals surface area contributed by atoms with E-state index in [2.05, 4.69) is 22.2 Å². The second-order valence-electron chi connectivity index (χ2n) is 8.31. The van der Waals surface area contributed by atoms with E-state index in [1.807, 2.05) is 51.9 Å². The molecule has 2 amide bonds. The summed E-state index contributed by atoms with van der Waals surface area (Å²) in [7, 11) is 1.92. The van der Waals surface area contributed by atoms with E-state index in [1.165, 1.54) is 11.9 Å². The summed E-state index contributed by atoms with van der Waals surface area (Å²) in [5.41, 5.74) is 1.98. The summed E-state index contributed by atoms with van der Waals surface area (Å²) in [6, 6.07) is 12.3. The Morgan fingerprint density at radius 3 is 2.62 bits per heavy atom. The first-order valence-corrected chi connectivity index (χ1v) is 12.0. The molecule has 1 saturated heterocycles. The van der Waals surface area contributed by atoms with Gasteiger partial charge in [-0.15, -0.1) is 0 Å². The highest BCUT2D eigenvalue weighted by Crippen LogP contribution is 2.28. The molecule has 0 aliphatic carbocycles. The minimum Gasteiger partial charge on any atom is -0.343 e. The normalized spacial score (nSPS) is 15.5. The van der Waals surface area contributed by atoms with Crippen LogP contribution in [0.15, 0.2) is 59.8 Å². The number of rotatable bonds is 8. The van der Waals surface area contributed by atoms with Crippen molar-refractivity contribution in [3.8, 4) is 0 Å². The zero-order valence-electron chi connectivity index (χ0n) is 18.3. The highest BCUT2D eigenvalue weighted by Gasteiger charge is 2.33. The van der Waals surface area contributed by atoms with Gasteiger partial charge >= 0.3 is 0 Å². The minimum absolute atomic E-state index is 0.0681. The van der Waals surface area contributed by atoms with Crippen molar-refractivity contribution >= 4 is 23.2 Å². The molecular formula is C24H29N5O2S. The number of hydrogen-bond donors (Lipinski definition) is 0. The first kappa shape index (κ1) is 22.2. The van der Waals surface area contributed by atoms with Gasteiger partial charge in [0.05, 0.1) is 12.1 Å². The molecule has 8 heteroatoms. The molecule has 4 rings (SSSR count). The van der Waals surface area contributed by atoms with Crippen LogP contribution in [0, 0.1) is 5.92 Å². The van der Waals surface area contributed by atoms with E-state index in [0.717, 1.165) is 37.9 Å². The number of benzene rings is 1. The van der Waals surface area contributed by atoms with E-state index in [-0.39, 0.29) is 17.9 Å². The molecule has 1 aliphatic heterocycles. The second-order valence-corrected chi connectivity index (χ2v) is 9.09. The number of carbonyl (C=O) groups is 2. The number of thiophene rings is 1. The lowest BCUT2D eigenvalue weighted by molar-refractivity contribution is -0.133. The summed E-state index contributed by atoms with van der Waals surface area (Å²) < 4.78 is 1.69. The van der Waals surface area contributed by atoms with E-state index < -0.39 is 0 Å². The number of nitrogens with zero attached hydrogens (tertiary/aromatic N) is 5. The molecule has 0 saturated carbocycles. The van der Waals surface area contributed by atoms with Gasteiger partial charge in [-0.1, -0.05) is 30.3 Å². The lowest BCUT2D eigenvalue weighted by Gasteiger charge is -2.40. The number of likely N-dealkylation sites (N-methyl/N-ethyl adjacent to an activating group) is 1. The van der Waals surface area contributed by atoms with Gasteiger partial charge in [-0.3, -0.25) is 14.3 Å². The third kappa shape index (κ3) is 5.43. The van der Waals surface area contributed by atoms with Crippen LogP contribution in [0.5, 0.6) is 0 Å². The largest absolute Gasteiger partial charge is 0.343 e. The Morgan fingerprint density at radius 1 is 1.19 bits per heavy atom. The Morgan fingerprint density at radius 2 is 1.97 bits per heavy atom. The van der Waals surface area contributed by atoms with Crippen molar-refractivity contribution in [1.82, 2.24) is 24.6 Å². The quantitative estimate of drug-likeness (QED) is 0.527. The Kier molecular flexibility index (Phi) is 7.32. The van der Waals surface area contributed by atoms with Gasteiger partial charge in [-0.05, 0) is 42.2 Å². The Bertz CT molecular complexity index is 983. The summed E-state index contributed by atoms with van der Waals surface area (Å²) in [6.07, 6.45) is 6.16. The smallest absolute Gasteiger partial charge is 0.254 e. The molecule has 1 unspecified atom stereocenters. The van der Waals surface area contributed by atoms with Gasteiger partial charge in [0.15, 0.2) is 0 Å². The summed E-state index contributed by atoms with van der Waals surface area (Å²) in [5, 5.41) is 7.92. The number of carbonyl (C=O) groups excluding carboxylic acids is 2. The van der Waals surface area contributed by atoms with Crippen LogP contribution in [0.4, 0.5) is 0 Å². The van der Waals surface area contributed by atoms with Crippen molar-refractivity contribution in [2.45, 2.75) is 38.3 Å². The van der Waals surface area contributed by atoms with Crippen molar-refractivity contribution in [1.29, 1.82) is 0 Å². The van der Waals surface area contributed by atoms with E-state index in [4.69, 9.17) is 0 Å². The van der Waals surface area contributed by atoms with Crippen molar-refractivity contribution < 1.29 is 9.59 Å². The van der Waals surface area contributed by atoms with Crippen LogP contribution in [-0.2, 0) is 17.8 Å². The average Bonchev–Trinajstić information content (AvgIpc) is 3.55. The number of aromatic nitrogens is 3. The SMILES string of the molecule is CN(C(=O)c1ccsc1)C(Cc1ccccc1)C1CCN(C(=O)CCn2cncn2)CC1. The monoisotopic (exact) mass is 451 g/mol. The molecule has 32 heavy (non-hydrogen) atoms. The number of amides is 2. The minimum atomic E-state index is 0.0681. The van der Waals surface area contributed by atoms with Gasteiger partial charge in [-0.2, -0.15) is 16.4 Å². The van der Waals surface area contributed by atoms with Crippen LogP contribution in [-0.4, -0.2) is 62.6 Å². The topological polar surface area (TPSA) is 71.3 Å². The van der Waals surface area contributed by atoms with Gasteiger partial charge in [0.25, 0.3) is 5.91 Å². The molecule has 3 aromatic rings. The fraction of sp³-hybridized carbons (Fsp3) is 0.417. The molecule has 1 aromatic carbocycles. The van der Waals surface area contributed by atoms with Crippen molar-refractivity contribution in [2.75, 3.05) is 20.1 Å². The van der Waals surface area contributed by atoms with Gasteiger partial charge < -0.3 is 9.80 Å². The van der Waals surface area contributed by atoms with E-state index >= 15 is 0 Å². The van der Waals surface area contributed by atoms with Gasteiger partial charge in [-0.25, -0.2) is 4.98 Å². The van der Waals surface area contributed by atoms with E-state index in [0.29, 0.717) is 18.9 Å². The molecule has 2 aromatic heterocycles. The standard InChI is InChI=1S/C24H29N5O2S/c1-27(24(31)21-10-14-32-16-21)22(15-19-5-3-2-4-6-19)20-7-11-28(12-8-20)23(30)9-13-29-18-25-17-26-29/h2-6,10,14,16-18,20,22H,7-9,11-13,15H2,1H3. The highest BCUT2D eigenvalue weighted by atomic mass is 32.1. The molecular weight excluding hydrogens is 422 g/mol. The first-order valence-electron chi connectivity index (χ1n) is 11.1. The van der Waals surface area contributed by atoms with Gasteiger partial charge in [0.1, 0.15) is 12.7 Å². The third-order valence-corrected chi connectivity index (χ3v) is 7.01. The Labute approximate surface area is 192 Å². The predicted molar refractivity (Wildman–Crippen MR) is 124 cm³/mol. The molecule has 1 fully saturated rings. The lowest BCUT2D eigenvalue weighted by Crippen LogP contribution is -2.48. The zero-order chi connectivity index (χ0) is 22.3. The van der Waals surface area contributed by atoms with E-state index in [9.17, 15) is 9.59 Å². The molecule has 0 radical (unpaired) electrons. The van der Waals surface area contributed by atoms with E-state index in [1.54, 1.807) is 22.3 Å². The molecule has 0 spiro atoms. The summed E-state index contributed by atoms with van der Waals surface area (Å²) >= 11 is 1.54. The van der Waals surface area contributed by atoms with Crippen LogP contribution in [0.2, 0.25) is 0 Å². The maximum Gasteiger partial charge on any atom is 0.254 e. The van der Waals surface area contributed by atoms with Gasteiger partial charge in [0.2, 0.25) is 5.91 Å². The molecule has 3 heterocycles. The number of piperidine rings is 1. The van der Waals surface area contributed by atoms with Crippen LogP contribution >= 0.6 is 11.3 Å². The highest BCUT2D eigenvalue weighted by molar-refractivity contribution is 7.08. The predicted octanol–water partition coefficient (Wildman–Crippen LogP) is 3.35. The van der Waals surface area contributed by atoms with Crippen molar-refractivity contribution in [3.63, 3.8) is 0 Å². The average molecular weight is 452 g/mol. The second kappa shape index (κ2) is 10.5. The number of aryl methyl sites for hydroxylation is 1. The Hall–Kier alpha value is -3.00. The lowest BCUT2D eigenvalue weighted by atomic mass is 9.84. The van der Waals surface area contributed by atoms with Crippen LogP contribution in [0.3, 0.4) is 0 Å². The third-order valence-electron chi connectivity index (χ3n) is 6.33. The molecule has 1 aliphatic rings.